The minimum atomic E-state index is -0.296. The molecule has 8 heteroatoms. The van der Waals surface area contributed by atoms with Crippen LogP contribution in [0.3, 0.4) is 0 Å². The summed E-state index contributed by atoms with van der Waals surface area (Å²) in [7, 11) is 0. The molecule has 0 fully saturated rings. The monoisotopic (exact) mass is 274 g/mol. The second-order valence-electron chi connectivity index (χ2n) is 4.08. The average molecular weight is 274 g/mol. The van der Waals surface area contributed by atoms with Gasteiger partial charge >= 0.3 is 0 Å². The van der Waals surface area contributed by atoms with Gasteiger partial charge in [0.25, 0.3) is 5.91 Å². The lowest BCUT2D eigenvalue weighted by atomic mass is 10.4. The van der Waals surface area contributed by atoms with Gasteiger partial charge in [0.2, 0.25) is 0 Å². The first kappa shape index (κ1) is 13.7. The van der Waals surface area contributed by atoms with Crippen LogP contribution in [0, 0.1) is 6.92 Å². The highest BCUT2D eigenvalue weighted by Gasteiger charge is 2.10. The minimum absolute atomic E-state index is 0.0952. The first-order chi connectivity index (χ1) is 9.70. The summed E-state index contributed by atoms with van der Waals surface area (Å²) < 4.78 is 7.20. The largest absolute Gasteiger partial charge is 0.456 e. The molecule has 2 aromatic heterocycles. The van der Waals surface area contributed by atoms with Crippen molar-refractivity contribution in [2.24, 2.45) is 5.11 Å². The Hall–Kier alpha value is -2.73. The molecule has 1 amide bonds. The van der Waals surface area contributed by atoms with Crippen LogP contribution in [0.1, 0.15) is 22.1 Å². The van der Waals surface area contributed by atoms with Crippen LogP contribution in [0.4, 0.5) is 0 Å². The Morgan fingerprint density at radius 2 is 2.45 bits per heavy atom. The first-order valence-corrected chi connectivity index (χ1v) is 6.06. The van der Waals surface area contributed by atoms with Crippen LogP contribution in [-0.2, 0) is 13.1 Å². The van der Waals surface area contributed by atoms with E-state index < -0.39 is 0 Å². The number of carbonyl (C=O) groups is 1. The lowest BCUT2D eigenvalue weighted by Gasteiger charge is -2.05. The first-order valence-electron chi connectivity index (χ1n) is 6.06. The zero-order valence-electron chi connectivity index (χ0n) is 11.0. The summed E-state index contributed by atoms with van der Waals surface area (Å²) in [6.45, 7) is 3.11. The predicted molar refractivity (Wildman–Crippen MR) is 70.9 cm³/mol. The molecule has 0 radical (unpaired) electrons. The zero-order chi connectivity index (χ0) is 14.4. The number of furan rings is 1. The van der Waals surface area contributed by atoms with E-state index in [1.165, 1.54) is 0 Å². The predicted octanol–water partition coefficient (Wildman–Crippen LogP) is 2.02. The summed E-state index contributed by atoms with van der Waals surface area (Å²) in [5.41, 5.74) is 8.20. The molecular weight excluding hydrogens is 260 g/mol. The Morgan fingerprint density at radius 1 is 1.60 bits per heavy atom. The van der Waals surface area contributed by atoms with Crippen LogP contribution in [0.5, 0.6) is 0 Å². The molecule has 0 aliphatic carbocycles. The summed E-state index contributed by atoms with van der Waals surface area (Å²) in [4.78, 5) is 18.5. The number of imidazole rings is 1. The highest BCUT2D eigenvalue weighted by molar-refractivity contribution is 5.91. The molecule has 8 nitrogen and oxygen atoms in total. The Bertz CT molecular complexity index is 638. The van der Waals surface area contributed by atoms with E-state index in [-0.39, 0.29) is 18.2 Å². The molecule has 0 aromatic carbocycles. The van der Waals surface area contributed by atoms with Crippen molar-refractivity contribution in [3.8, 4) is 0 Å². The van der Waals surface area contributed by atoms with Gasteiger partial charge in [-0.1, -0.05) is 5.11 Å². The number of hydrogen-bond donors (Lipinski definition) is 1. The normalized spacial score (nSPS) is 10.1. The summed E-state index contributed by atoms with van der Waals surface area (Å²) in [6.07, 6.45) is 3.57. The van der Waals surface area contributed by atoms with Crippen molar-refractivity contribution in [3.63, 3.8) is 0 Å². The van der Waals surface area contributed by atoms with E-state index in [4.69, 9.17) is 9.95 Å². The van der Waals surface area contributed by atoms with Crippen LogP contribution in [0.25, 0.3) is 10.4 Å². The molecule has 0 aliphatic rings. The molecule has 0 aliphatic heterocycles. The number of nitrogens with one attached hydrogen (secondary N) is 1. The number of rotatable bonds is 6. The average Bonchev–Trinajstić information content (AvgIpc) is 3.06. The Morgan fingerprint density at radius 3 is 3.15 bits per heavy atom. The number of azide groups is 1. The van der Waals surface area contributed by atoms with Gasteiger partial charge in [-0.3, -0.25) is 4.79 Å². The van der Waals surface area contributed by atoms with Gasteiger partial charge < -0.3 is 14.3 Å². The SMILES string of the molecule is Cc1nccn1CCNC(=O)c1ccc(CN=[N+]=[N-])o1. The molecule has 0 atom stereocenters. The summed E-state index contributed by atoms with van der Waals surface area (Å²) in [6, 6.07) is 3.17. The highest BCUT2D eigenvalue weighted by Crippen LogP contribution is 2.09. The molecule has 0 unspecified atom stereocenters. The molecule has 0 spiro atoms. The van der Waals surface area contributed by atoms with Gasteiger partial charge in [0, 0.05) is 30.4 Å². The van der Waals surface area contributed by atoms with E-state index in [1.807, 2.05) is 17.7 Å². The van der Waals surface area contributed by atoms with Gasteiger partial charge in [-0.25, -0.2) is 4.98 Å². The molecule has 1 N–H and O–H groups in total. The van der Waals surface area contributed by atoms with Gasteiger partial charge in [0.15, 0.2) is 5.76 Å². The van der Waals surface area contributed by atoms with Crippen LogP contribution in [-0.4, -0.2) is 22.0 Å². The van der Waals surface area contributed by atoms with Gasteiger partial charge in [0.05, 0.1) is 6.54 Å². The quantitative estimate of drug-likeness (QED) is 0.494. The maximum Gasteiger partial charge on any atom is 0.287 e. The van der Waals surface area contributed by atoms with Crippen LogP contribution >= 0.6 is 0 Å². The van der Waals surface area contributed by atoms with E-state index in [9.17, 15) is 4.79 Å². The fourth-order valence-electron chi connectivity index (χ4n) is 1.70. The number of amides is 1. The van der Waals surface area contributed by atoms with Crippen molar-refractivity contribution in [1.29, 1.82) is 0 Å². The summed E-state index contributed by atoms with van der Waals surface area (Å²) in [5, 5.41) is 6.11. The third kappa shape index (κ3) is 3.39. The van der Waals surface area contributed by atoms with E-state index in [2.05, 4.69) is 20.3 Å². The molecule has 104 valence electrons. The molecule has 0 saturated heterocycles. The lowest BCUT2D eigenvalue weighted by molar-refractivity contribution is 0.0922. The number of aryl methyl sites for hydroxylation is 1. The van der Waals surface area contributed by atoms with Crippen molar-refractivity contribution < 1.29 is 9.21 Å². The summed E-state index contributed by atoms with van der Waals surface area (Å²) >= 11 is 0. The van der Waals surface area contributed by atoms with Crippen molar-refractivity contribution >= 4 is 5.91 Å². The highest BCUT2D eigenvalue weighted by atomic mass is 16.4. The third-order valence-corrected chi connectivity index (χ3v) is 2.74. The maximum atomic E-state index is 11.8. The minimum Gasteiger partial charge on any atom is -0.456 e. The Kier molecular flexibility index (Phi) is 4.41. The lowest BCUT2D eigenvalue weighted by Crippen LogP contribution is -2.27. The van der Waals surface area contributed by atoms with Gasteiger partial charge in [0.1, 0.15) is 11.6 Å². The summed E-state index contributed by atoms with van der Waals surface area (Å²) in [5.74, 6) is 1.26. The number of aromatic nitrogens is 2. The fourth-order valence-corrected chi connectivity index (χ4v) is 1.70. The molecule has 0 saturated carbocycles. The van der Waals surface area contributed by atoms with E-state index in [1.54, 1.807) is 18.3 Å². The van der Waals surface area contributed by atoms with Crippen molar-refractivity contribution in [3.05, 3.63) is 52.3 Å². The van der Waals surface area contributed by atoms with Crippen molar-refractivity contribution in [2.75, 3.05) is 6.54 Å². The maximum absolute atomic E-state index is 11.8. The van der Waals surface area contributed by atoms with E-state index in [0.717, 1.165) is 5.82 Å². The molecule has 2 rings (SSSR count). The molecule has 2 heterocycles. The van der Waals surface area contributed by atoms with E-state index >= 15 is 0 Å². The number of nitrogens with zero attached hydrogens (tertiary/aromatic N) is 5. The van der Waals surface area contributed by atoms with Gasteiger partial charge in [-0.05, 0) is 24.6 Å². The fraction of sp³-hybridized carbons (Fsp3) is 0.333. The third-order valence-electron chi connectivity index (χ3n) is 2.74. The van der Waals surface area contributed by atoms with E-state index in [0.29, 0.717) is 18.8 Å². The van der Waals surface area contributed by atoms with Gasteiger partial charge in [-0.15, -0.1) is 0 Å². The second kappa shape index (κ2) is 6.44. The molecule has 0 bridgehead atoms. The van der Waals surface area contributed by atoms with Gasteiger partial charge in [-0.2, -0.15) is 0 Å². The molecule has 20 heavy (non-hydrogen) atoms. The van der Waals surface area contributed by atoms with Crippen LogP contribution in [0.15, 0.2) is 34.1 Å². The molecule has 2 aromatic rings. The number of hydrogen-bond acceptors (Lipinski definition) is 4. The zero-order valence-corrected chi connectivity index (χ0v) is 11.0. The Labute approximate surface area is 115 Å². The number of carbonyl (C=O) groups excluding carboxylic acids is 1. The topological polar surface area (TPSA) is 109 Å². The smallest absolute Gasteiger partial charge is 0.287 e. The molecular formula is C12H14N6O2. The second-order valence-corrected chi connectivity index (χ2v) is 4.08. The van der Waals surface area contributed by atoms with Crippen molar-refractivity contribution in [1.82, 2.24) is 14.9 Å². The van der Waals surface area contributed by atoms with Crippen LogP contribution in [0.2, 0.25) is 0 Å². The standard InChI is InChI=1S/C12H14N6O2/c1-9-14-4-6-18(9)7-5-15-12(19)11-3-2-10(20-11)8-16-17-13/h2-4,6H,5,7-8H2,1H3,(H,15,19). The van der Waals surface area contributed by atoms with Crippen LogP contribution < -0.4 is 5.32 Å². The Balaban J connectivity index is 1.84. The van der Waals surface area contributed by atoms with Crippen molar-refractivity contribution in [2.45, 2.75) is 20.0 Å².